The van der Waals surface area contributed by atoms with Crippen molar-refractivity contribution >= 4 is 23.4 Å². The molecular formula is C18H18N2O2S. The lowest BCUT2D eigenvalue weighted by Gasteiger charge is -2.11. The molecule has 23 heavy (non-hydrogen) atoms. The number of carbonyl (C=O) groups is 1. The lowest BCUT2D eigenvalue weighted by atomic mass is 10.1. The topological polar surface area (TPSA) is 62.1 Å². The summed E-state index contributed by atoms with van der Waals surface area (Å²) in [6, 6.07) is 15.2. The van der Waals surface area contributed by atoms with Gasteiger partial charge < -0.3 is 10.1 Å². The average molecular weight is 326 g/mol. The van der Waals surface area contributed by atoms with E-state index < -0.39 is 0 Å². The van der Waals surface area contributed by atoms with Crippen molar-refractivity contribution in [3.63, 3.8) is 0 Å². The second kappa shape index (κ2) is 8.25. The normalized spacial score (nSPS) is 9.96. The van der Waals surface area contributed by atoms with E-state index in [1.807, 2.05) is 43.3 Å². The van der Waals surface area contributed by atoms with Gasteiger partial charge in [0.25, 0.3) is 0 Å². The third-order valence-corrected chi connectivity index (χ3v) is 4.24. The van der Waals surface area contributed by atoms with Crippen LogP contribution < -0.4 is 10.1 Å². The quantitative estimate of drug-likeness (QED) is 0.878. The molecular weight excluding hydrogens is 308 g/mol. The number of aryl methyl sites for hydroxylation is 1. The second-order valence-electron chi connectivity index (χ2n) is 5.01. The first-order valence-electron chi connectivity index (χ1n) is 7.14. The van der Waals surface area contributed by atoms with Crippen molar-refractivity contribution in [1.29, 1.82) is 5.26 Å². The Morgan fingerprint density at radius 1 is 1.30 bits per heavy atom. The summed E-state index contributed by atoms with van der Waals surface area (Å²) in [6.07, 6.45) is 0. The summed E-state index contributed by atoms with van der Waals surface area (Å²) in [7, 11) is 1.58. The van der Waals surface area contributed by atoms with Gasteiger partial charge in [0.1, 0.15) is 5.75 Å². The Hall–Kier alpha value is -2.45. The van der Waals surface area contributed by atoms with Crippen LogP contribution in [0.1, 0.15) is 16.7 Å². The van der Waals surface area contributed by atoms with Gasteiger partial charge in [0.2, 0.25) is 5.91 Å². The molecule has 0 saturated heterocycles. The number of hydrogen-bond acceptors (Lipinski definition) is 4. The zero-order valence-electron chi connectivity index (χ0n) is 13.1. The summed E-state index contributed by atoms with van der Waals surface area (Å²) in [5.74, 6) is 1.50. The Kier molecular flexibility index (Phi) is 6.07. The third-order valence-electron chi connectivity index (χ3n) is 3.26. The molecule has 0 bridgehead atoms. The monoisotopic (exact) mass is 326 g/mol. The minimum atomic E-state index is -0.0895. The molecule has 0 unspecified atom stereocenters. The number of anilines is 1. The minimum Gasteiger partial charge on any atom is -0.495 e. The van der Waals surface area contributed by atoms with Crippen LogP contribution in [0.3, 0.4) is 0 Å². The number of rotatable bonds is 6. The van der Waals surface area contributed by atoms with Gasteiger partial charge in [-0.05, 0) is 36.2 Å². The predicted molar refractivity (Wildman–Crippen MR) is 93.7 cm³/mol. The molecule has 1 amide bonds. The fraction of sp³-hybridized carbons (Fsp3) is 0.222. The van der Waals surface area contributed by atoms with E-state index in [-0.39, 0.29) is 5.91 Å². The smallest absolute Gasteiger partial charge is 0.234 e. The first-order chi connectivity index (χ1) is 11.1. The molecule has 5 heteroatoms. The van der Waals surface area contributed by atoms with Crippen molar-refractivity contribution in [3.8, 4) is 11.8 Å². The van der Waals surface area contributed by atoms with Gasteiger partial charge in [0, 0.05) is 5.75 Å². The summed E-state index contributed by atoms with van der Waals surface area (Å²) in [5, 5.41) is 11.9. The molecule has 0 aliphatic carbocycles. The van der Waals surface area contributed by atoms with Gasteiger partial charge in [0.05, 0.1) is 30.2 Å². The molecule has 0 atom stereocenters. The third kappa shape index (κ3) is 4.76. The van der Waals surface area contributed by atoms with Crippen LogP contribution in [0.15, 0.2) is 42.5 Å². The van der Waals surface area contributed by atoms with Gasteiger partial charge in [-0.3, -0.25) is 4.79 Å². The molecule has 0 fully saturated rings. The molecule has 0 aliphatic rings. The maximum Gasteiger partial charge on any atom is 0.234 e. The van der Waals surface area contributed by atoms with E-state index in [2.05, 4.69) is 11.4 Å². The maximum absolute atomic E-state index is 12.1. The number of methoxy groups -OCH3 is 1. The summed E-state index contributed by atoms with van der Waals surface area (Å²) in [5.41, 5.74) is 3.33. The van der Waals surface area contributed by atoms with Crippen LogP contribution in [0, 0.1) is 18.3 Å². The van der Waals surface area contributed by atoms with Crippen LogP contribution in [0.25, 0.3) is 0 Å². The molecule has 0 radical (unpaired) electrons. The van der Waals surface area contributed by atoms with Crippen molar-refractivity contribution in [2.24, 2.45) is 0 Å². The highest BCUT2D eigenvalue weighted by Crippen LogP contribution is 2.25. The van der Waals surface area contributed by atoms with Gasteiger partial charge in [-0.1, -0.05) is 24.3 Å². The highest BCUT2D eigenvalue weighted by Gasteiger charge is 2.09. The fourth-order valence-electron chi connectivity index (χ4n) is 2.11. The van der Waals surface area contributed by atoms with E-state index in [1.165, 1.54) is 11.8 Å². The van der Waals surface area contributed by atoms with Crippen LogP contribution in [0.5, 0.6) is 5.75 Å². The summed E-state index contributed by atoms with van der Waals surface area (Å²) in [6.45, 7) is 1.96. The fourth-order valence-corrected chi connectivity index (χ4v) is 2.95. The van der Waals surface area contributed by atoms with Gasteiger partial charge in [-0.25, -0.2) is 0 Å². The van der Waals surface area contributed by atoms with Gasteiger partial charge in [-0.2, -0.15) is 5.26 Å². The second-order valence-corrected chi connectivity index (χ2v) is 6.00. The number of hydrogen-bond donors (Lipinski definition) is 1. The first kappa shape index (κ1) is 16.9. The Bertz CT molecular complexity index is 738. The van der Waals surface area contributed by atoms with Crippen LogP contribution in [-0.4, -0.2) is 18.8 Å². The SMILES string of the molecule is COc1ccc(C)cc1NC(=O)CSCc1ccccc1C#N. The first-order valence-corrected chi connectivity index (χ1v) is 8.29. The summed E-state index contributed by atoms with van der Waals surface area (Å²) >= 11 is 1.48. The van der Waals surface area contributed by atoms with E-state index in [0.29, 0.717) is 28.5 Å². The number of amides is 1. The van der Waals surface area contributed by atoms with Crippen molar-refractivity contribution < 1.29 is 9.53 Å². The number of ether oxygens (including phenoxy) is 1. The van der Waals surface area contributed by atoms with Crippen LogP contribution in [-0.2, 0) is 10.5 Å². The molecule has 2 aromatic carbocycles. The Morgan fingerprint density at radius 2 is 2.09 bits per heavy atom. The molecule has 0 spiro atoms. The van der Waals surface area contributed by atoms with Gasteiger partial charge >= 0.3 is 0 Å². The number of nitrogens with zero attached hydrogens (tertiary/aromatic N) is 1. The van der Waals surface area contributed by atoms with Crippen molar-refractivity contribution in [2.75, 3.05) is 18.2 Å². The van der Waals surface area contributed by atoms with Gasteiger partial charge in [-0.15, -0.1) is 11.8 Å². The molecule has 4 nitrogen and oxygen atoms in total. The largest absolute Gasteiger partial charge is 0.495 e. The summed E-state index contributed by atoms with van der Waals surface area (Å²) < 4.78 is 5.25. The molecule has 0 aromatic heterocycles. The zero-order chi connectivity index (χ0) is 16.7. The Labute approximate surface area is 140 Å². The van der Waals surface area contributed by atoms with E-state index in [9.17, 15) is 4.79 Å². The molecule has 0 aliphatic heterocycles. The standard InChI is InChI=1S/C18H18N2O2S/c1-13-7-8-17(22-2)16(9-13)20-18(21)12-23-11-15-6-4-3-5-14(15)10-19/h3-9H,11-12H2,1-2H3,(H,20,21). The Morgan fingerprint density at radius 3 is 2.83 bits per heavy atom. The molecule has 0 saturated carbocycles. The minimum absolute atomic E-state index is 0.0895. The lowest BCUT2D eigenvalue weighted by molar-refractivity contribution is -0.113. The number of benzene rings is 2. The molecule has 0 heterocycles. The number of nitrogens with one attached hydrogen (secondary N) is 1. The molecule has 2 rings (SSSR count). The van der Waals surface area contributed by atoms with Crippen molar-refractivity contribution in [2.45, 2.75) is 12.7 Å². The summed E-state index contributed by atoms with van der Waals surface area (Å²) in [4.78, 5) is 12.1. The molecule has 118 valence electrons. The van der Waals surface area contributed by atoms with Gasteiger partial charge in [0.15, 0.2) is 0 Å². The van der Waals surface area contributed by atoms with E-state index in [1.54, 1.807) is 13.2 Å². The highest BCUT2D eigenvalue weighted by atomic mass is 32.2. The van der Waals surface area contributed by atoms with E-state index in [0.717, 1.165) is 11.1 Å². The van der Waals surface area contributed by atoms with Crippen LogP contribution in [0.2, 0.25) is 0 Å². The maximum atomic E-state index is 12.1. The van der Waals surface area contributed by atoms with Crippen molar-refractivity contribution in [1.82, 2.24) is 0 Å². The van der Waals surface area contributed by atoms with Crippen LogP contribution in [0.4, 0.5) is 5.69 Å². The lowest BCUT2D eigenvalue weighted by Crippen LogP contribution is -2.15. The highest BCUT2D eigenvalue weighted by molar-refractivity contribution is 7.99. The number of thioether (sulfide) groups is 1. The number of nitriles is 1. The van der Waals surface area contributed by atoms with E-state index in [4.69, 9.17) is 10.00 Å². The van der Waals surface area contributed by atoms with Crippen LogP contribution >= 0.6 is 11.8 Å². The zero-order valence-corrected chi connectivity index (χ0v) is 13.9. The average Bonchev–Trinajstić information content (AvgIpc) is 2.55. The van der Waals surface area contributed by atoms with Crippen molar-refractivity contribution in [3.05, 3.63) is 59.2 Å². The predicted octanol–water partition coefficient (Wildman–Crippen LogP) is 3.75. The number of carbonyl (C=O) groups excluding carboxylic acids is 1. The van der Waals surface area contributed by atoms with E-state index >= 15 is 0 Å². The Balaban J connectivity index is 1.91. The molecule has 1 N–H and O–H groups in total. The molecule has 2 aromatic rings.